The number of ether oxygens (including phenoxy) is 2. The molecule has 1 N–H and O–H groups in total. The molecule has 0 spiro atoms. The van der Waals surface area contributed by atoms with Gasteiger partial charge in [0.15, 0.2) is 17.3 Å². The predicted octanol–water partition coefficient (Wildman–Crippen LogP) is 4.57. The van der Waals surface area contributed by atoms with Crippen LogP contribution in [0.3, 0.4) is 0 Å². The lowest BCUT2D eigenvalue weighted by Crippen LogP contribution is -2.35. The number of fused-ring (bicyclic) bond motifs is 1. The van der Waals surface area contributed by atoms with E-state index in [1.165, 1.54) is 16.8 Å². The van der Waals surface area contributed by atoms with E-state index in [4.69, 9.17) is 14.9 Å². The molecule has 2 aromatic rings. The Morgan fingerprint density at radius 1 is 1.18 bits per heavy atom. The third-order valence-electron chi connectivity index (χ3n) is 4.90. The standard InChI is InChI=1S/C24H21N5O3S/c1-3-21-28-29-22(26)18(23(30)27-24(29)33-21)11-15-9-10-19(20(12-15)31-4-2)32-14-17-8-6-5-7-16(17)13-25/h5-12,26H,3-4,14H2,1-2H3/b18-11+,26-22?. The summed E-state index contributed by atoms with van der Waals surface area (Å²) in [5.74, 6) is 0.540. The molecule has 0 atom stereocenters. The molecule has 33 heavy (non-hydrogen) atoms. The van der Waals surface area contributed by atoms with Gasteiger partial charge in [-0.15, -0.1) is 0 Å². The fourth-order valence-electron chi connectivity index (χ4n) is 3.25. The molecule has 2 aliphatic rings. The highest BCUT2D eigenvalue weighted by atomic mass is 32.2. The quantitative estimate of drug-likeness (QED) is 0.608. The minimum Gasteiger partial charge on any atom is -0.490 e. The summed E-state index contributed by atoms with van der Waals surface area (Å²) in [6.45, 7) is 4.47. The normalized spacial score (nSPS) is 16.3. The van der Waals surface area contributed by atoms with Crippen molar-refractivity contribution >= 4 is 39.8 Å². The van der Waals surface area contributed by atoms with Crippen molar-refractivity contribution in [3.8, 4) is 17.6 Å². The zero-order valence-corrected chi connectivity index (χ0v) is 19.0. The molecule has 0 saturated carbocycles. The van der Waals surface area contributed by atoms with E-state index in [1.807, 2.05) is 32.0 Å². The first kappa shape index (κ1) is 22.3. The SMILES string of the molecule is CCOc1cc(/C=C2\C(=N)N3N=C(CC)SC3=NC2=O)ccc1OCc1ccccc1C#N. The van der Waals surface area contributed by atoms with Crippen LogP contribution in [0.15, 0.2) is 58.1 Å². The number of rotatable bonds is 7. The number of nitrogens with zero attached hydrogens (tertiary/aromatic N) is 4. The first-order valence-corrected chi connectivity index (χ1v) is 11.2. The van der Waals surface area contributed by atoms with Crippen LogP contribution in [0.1, 0.15) is 37.0 Å². The first-order chi connectivity index (χ1) is 16.0. The van der Waals surface area contributed by atoms with Gasteiger partial charge in [0.25, 0.3) is 5.91 Å². The van der Waals surface area contributed by atoms with Gasteiger partial charge < -0.3 is 9.47 Å². The molecule has 0 aliphatic carbocycles. The second kappa shape index (κ2) is 9.71. The number of nitrogens with one attached hydrogen (secondary N) is 1. The van der Waals surface area contributed by atoms with Crippen LogP contribution in [-0.2, 0) is 11.4 Å². The maximum absolute atomic E-state index is 12.6. The third-order valence-corrected chi connectivity index (χ3v) is 5.95. The third kappa shape index (κ3) is 4.66. The van der Waals surface area contributed by atoms with Crippen molar-refractivity contribution in [1.29, 1.82) is 10.7 Å². The Labute approximate surface area is 195 Å². The van der Waals surface area contributed by atoms with Gasteiger partial charge in [0.05, 0.1) is 23.8 Å². The van der Waals surface area contributed by atoms with Crippen molar-refractivity contribution < 1.29 is 14.3 Å². The molecule has 8 nitrogen and oxygen atoms in total. The number of nitriles is 1. The van der Waals surface area contributed by atoms with Crippen LogP contribution in [0.5, 0.6) is 11.5 Å². The average molecular weight is 460 g/mol. The predicted molar refractivity (Wildman–Crippen MR) is 128 cm³/mol. The van der Waals surface area contributed by atoms with Crippen molar-refractivity contribution in [1.82, 2.24) is 5.01 Å². The number of carbonyl (C=O) groups is 1. The Kier molecular flexibility index (Phi) is 6.56. The van der Waals surface area contributed by atoms with Gasteiger partial charge in [-0.25, -0.2) is 0 Å². The Bertz CT molecular complexity index is 1260. The van der Waals surface area contributed by atoms with Gasteiger partial charge in [0.2, 0.25) is 5.17 Å². The van der Waals surface area contributed by atoms with Crippen LogP contribution in [-0.4, -0.2) is 33.6 Å². The van der Waals surface area contributed by atoms with Crippen LogP contribution in [0.2, 0.25) is 0 Å². The van der Waals surface area contributed by atoms with Crippen LogP contribution >= 0.6 is 11.8 Å². The number of amides is 1. The van der Waals surface area contributed by atoms with Crippen LogP contribution < -0.4 is 9.47 Å². The molecule has 2 aromatic carbocycles. The highest BCUT2D eigenvalue weighted by Crippen LogP contribution is 2.32. The molecule has 9 heteroatoms. The number of hydrogen-bond donors (Lipinski definition) is 1. The molecule has 1 amide bonds. The van der Waals surface area contributed by atoms with Gasteiger partial charge in [-0.05, 0) is 54.9 Å². The average Bonchev–Trinajstić information content (AvgIpc) is 3.25. The second-order valence-electron chi connectivity index (χ2n) is 7.06. The molecule has 2 heterocycles. The zero-order valence-electron chi connectivity index (χ0n) is 18.2. The van der Waals surface area contributed by atoms with Crippen LogP contribution in [0.25, 0.3) is 6.08 Å². The Morgan fingerprint density at radius 3 is 2.76 bits per heavy atom. The van der Waals surface area contributed by atoms with Crippen molar-refractivity contribution in [2.45, 2.75) is 26.9 Å². The summed E-state index contributed by atoms with van der Waals surface area (Å²) >= 11 is 1.31. The monoisotopic (exact) mass is 459 g/mol. The number of aliphatic imine (C=N–C) groups is 1. The highest BCUT2D eigenvalue weighted by molar-refractivity contribution is 8.26. The van der Waals surface area contributed by atoms with Gasteiger partial charge in [0, 0.05) is 5.56 Å². The molecule has 4 rings (SSSR count). The Balaban J connectivity index is 1.59. The molecular formula is C24H21N5O3S. The molecule has 166 valence electrons. The molecule has 0 bridgehead atoms. The highest BCUT2D eigenvalue weighted by Gasteiger charge is 2.35. The summed E-state index contributed by atoms with van der Waals surface area (Å²) in [5.41, 5.74) is 2.15. The van der Waals surface area contributed by atoms with Gasteiger partial charge in [-0.3, -0.25) is 10.2 Å². The fourth-order valence-corrected chi connectivity index (χ4v) is 4.08. The van der Waals surface area contributed by atoms with E-state index in [0.29, 0.717) is 40.8 Å². The van der Waals surface area contributed by atoms with E-state index in [9.17, 15) is 10.1 Å². The van der Waals surface area contributed by atoms with Gasteiger partial charge in [0.1, 0.15) is 11.7 Å². The number of amidine groups is 2. The van der Waals surface area contributed by atoms with E-state index in [2.05, 4.69) is 16.2 Å². The number of carbonyl (C=O) groups excluding carboxylic acids is 1. The maximum atomic E-state index is 12.6. The number of hydrazone groups is 1. The Hall–Kier alpha value is -3.90. The summed E-state index contributed by atoms with van der Waals surface area (Å²) in [6.07, 6.45) is 2.31. The van der Waals surface area contributed by atoms with Gasteiger partial charge >= 0.3 is 0 Å². The number of hydrogen-bond acceptors (Lipinski definition) is 7. The zero-order chi connectivity index (χ0) is 23.4. The van der Waals surface area contributed by atoms with E-state index >= 15 is 0 Å². The Morgan fingerprint density at radius 2 is 2.00 bits per heavy atom. The maximum Gasteiger partial charge on any atom is 0.283 e. The van der Waals surface area contributed by atoms with E-state index in [-0.39, 0.29) is 18.0 Å². The van der Waals surface area contributed by atoms with E-state index < -0.39 is 5.91 Å². The molecule has 0 aromatic heterocycles. The lowest BCUT2D eigenvalue weighted by molar-refractivity contribution is -0.114. The number of benzene rings is 2. The summed E-state index contributed by atoms with van der Waals surface area (Å²) < 4.78 is 11.7. The second-order valence-corrected chi connectivity index (χ2v) is 8.10. The summed E-state index contributed by atoms with van der Waals surface area (Å²) in [4.78, 5) is 16.7. The minimum absolute atomic E-state index is 0.00709. The van der Waals surface area contributed by atoms with E-state index in [0.717, 1.165) is 10.6 Å². The lowest BCUT2D eigenvalue weighted by Gasteiger charge is -2.20. The van der Waals surface area contributed by atoms with E-state index in [1.54, 1.807) is 30.3 Å². The lowest BCUT2D eigenvalue weighted by atomic mass is 10.1. The molecule has 0 saturated heterocycles. The van der Waals surface area contributed by atoms with Crippen LogP contribution in [0.4, 0.5) is 0 Å². The van der Waals surface area contributed by atoms with Gasteiger partial charge in [-0.2, -0.15) is 20.4 Å². The summed E-state index contributed by atoms with van der Waals surface area (Å²) in [7, 11) is 0. The molecular weight excluding hydrogens is 438 g/mol. The van der Waals surface area contributed by atoms with Crippen molar-refractivity contribution in [2.24, 2.45) is 10.1 Å². The van der Waals surface area contributed by atoms with Gasteiger partial charge in [-0.1, -0.05) is 31.2 Å². The first-order valence-electron chi connectivity index (χ1n) is 10.4. The van der Waals surface area contributed by atoms with Crippen LogP contribution in [0, 0.1) is 16.7 Å². The smallest absolute Gasteiger partial charge is 0.283 e. The molecule has 0 radical (unpaired) electrons. The number of thioether (sulfide) groups is 1. The summed E-state index contributed by atoms with van der Waals surface area (Å²) in [5, 5.41) is 24.7. The summed E-state index contributed by atoms with van der Waals surface area (Å²) in [6, 6.07) is 14.7. The topological polar surface area (TPSA) is 111 Å². The minimum atomic E-state index is -0.474. The molecule has 0 unspecified atom stereocenters. The van der Waals surface area contributed by atoms with Crippen molar-refractivity contribution in [2.75, 3.05) is 6.61 Å². The van der Waals surface area contributed by atoms with Crippen molar-refractivity contribution in [3.05, 3.63) is 64.7 Å². The largest absolute Gasteiger partial charge is 0.490 e. The molecule has 2 aliphatic heterocycles. The molecule has 0 fully saturated rings. The fraction of sp³-hybridized carbons (Fsp3) is 0.208. The van der Waals surface area contributed by atoms with Crippen molar-refractivity contribution in [3.63, 3.8) is 0 Å².